The number of carbonyl (C=O) groups is 1. The van der Waals surface area contributed by atoms with Gasteiger partial charge in [-0.2, -0.15) is 0 Å². The maximum atomic E-state index is 13.0. The first kappa shape index (κ1) is 15.0. The number of pyridine rings is 1. The predicted octanol–water partition coefficient (Wildman–Crippen LogP) is 2.35. The molecule has 4 nitrogen and oxygen atoms in total. The van der Waals surface area contributed by atoms with E-state index in [2.05, 4.69) is 10.3 Å². The molecule has 1 atom stereocenters. The second-order valence-electron chi connectivity index (χ2n) is 4.58. The molecule has 0 fully saturated rings. The Labute approximate surface area is 123 Å². The van der Waals surface area contributed by atoms with Crippen molar-refractivity contribution in [1.82, 2.24) is 10.3 Å². The molecule has 0 saturated carbocycles. The average Bonchev–Trinajstić information content (AvgIpc) is 2.48. The van der Waals surface area contributed by atoms with Crippen molar-refractivity contribution in [2.75, 3.05) is 6.54 Å². The van der Waals surface area contributed by atoms with Crippen molar-refractivity contribution in [3.8, 4) is 5.75 Å². The first-order chi connectivity index (χ1) is 10.1. The van der Waals surface area contributed by atoms with Gasteiger partial charge in [-0.3, -0.25) is 9.78 Å². The third-order valence-electron chi connectivity index (χ3n) is 2.88. The van der Waals surface area contributed by atoms with Gasteiger partial charge >= 0.3 is 0 Å². The van der Waals surface area contributed by atoms with Crippen LogP contribution in [0.25, 0.3) is 0 Å². The number of benzene rings is 1. The van der Waals surface area contributed by atoms with Gasteiger partial charge in [-0.1, -0.05) is 12.1 Å². The number of ether oxygens (including phenoxy) is 1. The van der Waals surface area contributed by atoms with Gasteiger partial charge in [0.25, 0.3) is 5.91 Å². The van der Waals surface area contributed by atoms with E-state index >= 15 is 0 Å². The lowest BCUT2D eigenvalue weighted by Gasteiger charge is -2.14. The zero-order valence-corrected chi connectivity index (χ0v) is 11.8. The summed E-state index contributed by atoms with van der Waals surface area (Å²) in [4.78, 5) is 16.0. The number of rotatable bonds is 6. The molecule has 1 heterocycles. The number of hydrogen-bond acceptors (Lipinski definition) is 3. The van der Waals surface area contributed by atoms with Gasteiger partial charge < -0.3 is 10.1 Å². The summed E-state index contributed by atoms with van der Waals surface area (Å²) in [6.07, 6.45) is 1.68. The van der Waals surface area contributed by atoms with Crippen LogP contribution in [-0.4, -0.2) is 23.5 Å². The van der Waals surface area contributed by atoms with E-state index in [9.17, 15) is 9.18 Å². The SMILES string of the molecule is C[C@H](Oc1cccc(F)c1)C(=O)NCCc1ccccn1. The summed E-state index contributed by atoms with van der Waals surface area (Å²) in [5, 5.41) is 2.77. The molecule has 110 valence electrons. The number of hydrogen-bond donors (Lipinski definition) is 1. The lowest BCUT2D eigenvalue weighted by atomic mass is 10.2. The average molecular weight is 288 g/mol. The van der Waals surface area contributed by atoms with E-state index < -0.39 is 11.9 Å². The van der Waals surface area contributed by atoms with E-state index in [-0.39, 0.29) is 5.91 Å². The number of amides is 1. The molecule has 0 aliphatic rings. The third-order valence-corrected chi connectivity index (χ3v) is 2.88. The van der Waals surface area contributed by atoms with Crippen LogP contribution in [0.1, 0.15) is 12.6 Å². The van der Waals surface area contributed by atoms with Crippen molar-refractivity contribution >= 4 is 5.91 Å². The molecule has 0 bridgehead atoms. The fourth-order valence-corrected chi connectivity index (χ4v) is 1.80. The molecule has 0 unspecified atom stereocenters. The number of carbonyl (C=O) groups excluding carboxylic acids is 1. The summed E-state index contributed by atoms with van der Waals surface area (Å²) in [6.45, 7) is 2.10. The molecular weight excluding hydrogens is 271 g/mol. The van der Waals surface area contributed by atoms with Gasteiger partial charge in [-0.05, 0) is 31.2 Å². The van der Waals surface area contributed by atoms with Crippen molar-refractivity contribution < 1.29 is 13.9 Å². The second-order valence-corrected chi connectivity index (χ2v) is 4.58. The second kappa shape index (κ2) is 7.38. The van der Waals surface area contributed by atoms with Crippen molar-refractivity contribution in [2.24, 2.45) is 0 Å². The van der Waals surface area contributed by atoms with E-state index in [4.69, 9.17) is 4.74 Å². The maximum absolute atomic E-state index is 13.0. The van der Waals surface area contributed by atoms with Crippen molar-refractivity contribution in [3.05, 3.63) is 60.2 Å². The topological polar surface area (TPSA) is 51.2 Å². The van der Waals surface area contributed by atoms with Crippen molar-refractivity contribution in [1.29, 1.82) is 0 Å². The molecule has 0 saturated heterocycles. The van der Waals surface area contributed by atoms with E-state index in [1.54, 1.807) is 19.2 Å². The third kappa shape index (κ3) is 4.87. The smallest absolute Gasteiger partial charge is 0.260 e. The minimum atomic E-state index is -0.685. The van der Waals surface area contributed by atoms with Crippen LogP contribution in [-0.2, 0) is 11.2 Å². The van der Waals surface area contributed by atoms with Gasteiger partial charge in [0.05, 0.1) is 0 Å². The largest absolute Gasteiger partial charge is 0.481 e. The first-order valence-corrected chi connectivity index (χ1v) is 6.75. The molecule has 2 rings (SSSR count). The van der Waals surface area contributed by atoms with Gasteiger partial charge in [-0.25, -0.2) is 4.39 Å². The van der Waals surface area contributed by atoms with Crippen LogP contribution >= 0.6 is 0 Å². The molecule has 1 N–H and O–H groups in total. The maximum Gasteiger partial charge on any atom is 0.260 e. The lowest BCUT2D eigenvalue weighted by Crippen LogP contribution is -2.37. The van der Waals surface area contributed by atoms with Gasteiger partial charge in [0.15, 0.2) is 6.10 Å². The zero-order valence-electron chi connectivity index (χ0n) is 11.8. The Bertz CT molecular complexity index is 590. The molecule has 0 aliphatic heterocycles. The highest BCUT2D eigenvalue weighted by atomic mass is 19.1. The van der Waals surface area contributed by atoms with E-state index in [0.717, 1.165) is 5.69 Å². The summed E-state index contributed by atoms with van der Waals surface area (Å²) in [7, 11) is 0. The van der Waals surface area contributed by atoms with E-state index in [1.165, 1.54) is 18.2 Å². The summed E-state index contributed by atoms with van der Waals surface area (Å²) >= 11 is 0. The summed E-state index contributed by atoms with van der Waals surface area (Å²) in [5.74, 6) is -0.298. The van der Waals surface area contributed by atoms with Crippen LogP contribution in [0, 0.1) is 5.82 Å². The number of halogens is 1. The Morgan fingerprint density at radius 2 is 2.19 bits per heavy atom. The van der Waals surface area contributed by atoms with Crippen molar-refractivity contribution in [2.45, 2.75) is 19.4 Å². The minimum Gasteiger partial charge on any atom is -0.481 e. The number of nitrogens with one attached hydrogen (secondary N) is 1. The van der Waals surface area contributed by atoms with Gasteiger partial charge in [-0.15, -0.1) is 0 Å². The molecule has 1 aromatic carbocycles. The lowest BCUT2D eigenvalue weighted by molar-refractivity contribution is -0.127. The van der Waals surface area contributed by atoms with Crippen LogP contribution in [0.5, 0.6) is 5.75 Å². The monoisotopic (exact) mass is 288 g/mol. The van der Waals surface area contributed by atoms with Gasteiger partial charge in [0.2, 0.25) is 0 Å². The molecular formula is C16H17FN2O2. The first-order valence-electron chi connectivity index (χ1n) is 6.75. The molecule has 1 amide bonds. The Balaban J connectivity index is 1.77. The molecule has 2 aromatic rings. The molecule has 1 aromatic heterocycles. The predicted molar refractivity (Wildman–Crippen MR) is 77.4 cm³/mol. The summed E-state index contributed by atoms with van der Waals surface area (Å²) in [6, 6.07) is 11.4. The molecule has 5 heteroatoms. The van der Waals surface area contributed by atoms with Crippen LogP contribution in [0.3, 0.4) is 0 Å². The molecule has 0 radical (unpaired) electrons. The van der Waals surface area contributed by atoms with E-state index in [0.29, 0.717) is 18.7 Å². The molecule has 21 heavy (non-hydrogen) atoms. The van der Waals surface area contributed by atoms with Gasteiger partial charge in [0.1, 0.15) is 11.6 Å². The summed E-state index contributed by atoms with van der Waals surface area (Å²) < 4.78 is 18.4. The fourth-order valence-electron chi connectivity index (χ4n) is 1.80. The Morgan fingerprint density at radius 3 is 2.90 bits per heavy atom. The zero-order chi connectivity index (χ0) is 15.1. The highest BCUT2D eigenvalue weighted by Crippen LogP contribution is 2.13. The Kier molecular flexibility index (Phi) is 5.26. The van der Waals surface area contributed by atoms with Crippen LogP contribution in [0.15, 0.2) is 48.7 Å². The van der Waals surface area contributed by atoms with Crippen LogP contribution in [0.2, 0.25) is 0 Å². The standard InChI is InChI=1S/C16H17FN2O2/c1-12(21-15-7-4-5-13(17)11-15)16(20)19-10-8-14-6-2-3-9-18-14/h2-7,9,11-12H,8,10H2,1H3,(H,19,20)/t12-/m0/s1. The molecule has 0 aliphatic carbocycles. The van der Waals surface area contributed by atoms with E-state index in [1.807, 2.05) is 18.2 Å². The summed E-state index contributed by atoms with van der Waals surface area (Å²) in [5.41, 5.74) is 0.913. The molecule has 0 spiro atoms. The Morgan fingerprint density at radius 1 is 1.33 bits per heavy atom. The highest BCUT2D eigenvalue weighted by molar-refractivity contribution is 5.80. The number of aromatic nitrogens is 1. The van der Waals surface area contributed by atoms with Crippen LogP contribution in [0.4, 0.5) is 4.39 Å². The highest BCUT2D eigenvalue weighted by Gasteiger charge is 2.14. The normalized spacial score (nSPS) is 11.7. The minimum absolute atomic E-state index is 0.241. The van der Waals surface area contributed by atoms with Crippen molar-refractivity contribution in [3.63, 3.8) is 0 Å². The number of nitrogens with zero attached hydrogens (tertiary/aromatic N) is 1. The quantitative estimate of drug-likeness (QED) is 0.887. The Hall–Kier alpha value is -2.43. The fraction of sp³-hybridized carbons (Fsp3) is 0.250. The van der Waals surface area contributed by atoms with Crippen LogP contribution < -0.4 is 10.1 Å². The van der Waals surface area contributed by atoms with Gasteiger partial charge in [0, 0.05) is 30.9 Å².